The molecule has 0 heterocycles. The Morgan fingerprint density at radius 2 is 1.95 bits per heavy atom. The summed E-state index contributed by atoms with van der Waals surface area (Å²) in [5.41, 5.74) is 2.26. The van der Waals surface area contributed by atoms with Gasteiger partial charge in [-0.25, -0.2) is 0 Å². The number of para-hydroxylation sites is 1. The average molecular weight is 342 g/mol. The van der Waals surface area contributed by atoms with E-state index in [9.17, 15) is 0 Å². The van der Waals surface area contributed by atoms with Crippen LogP contribution in [-0.2, 0) is 6.54 Å². The van der Waals surface area contributed by atoms with Gasteiger partial charge in [0.1, 0.15) is 17.9 Å². The highest BCUT2D eigenvalue weighted by molar-refractivity contribution is 9.10. The first-order valence-electron chi connectivity index (χ1n) is 6.26. The third-order valence-corrected chi connectivity index (χ3v) is 3.33. The molecule has 0 radical (unpaired) electrons. The third kappa shape index (κ3) is 3.98. The molecule has 5 heteroatoms. The van der Waals surface area contributed by atoms with Crippen LogP contribution in [0.1, 0.15) is 11.1 Å². The van der Waals surface area contributed by atoms with E-state index in [1.165, 1.54) is 0 Å². The molecule has 0 saturated heterocycles. The minimum atomic E-state index is 0.0126. The van der Waals surface area contributed by atoms with E-state index in [-0.39, 0.29) is 6.61 Å². The highest BCUT2D eigenvalue weighted by Crippen LogP contribution is 2.23. The minimum absolute atomic E-state index is 0.0126. The number of rotatable bonds is 5. The zero-order chi connectivity index (χ0) is 15.1. The molecule has 21 heavy (non-hydrogen) atoms. The number of hydrogen-bond acceptors (Lipinski definition) is 4. The lowest BCUT2D eigenvalue weighted by Gasteiger charge is -2.12. The van der Waals surface area contributed by atoms with Crippen molar-refractivity contribution < 1.29 is 4.74 Å². The van der Waals surface area contributed by atoms with Crippen molar-refractivity contribution >= 4 is 21.6 Å². The predicted molar refractivity (Wildman–Crippen MR) is 83.7 cm³/mol. The lowest BCUT2D eigenvalue weighted by Crippen LogP contribution is -2.04. The molecule has 0 aliphatic carbocycles. The molecule has 0 aliphatic heterocycles. The number of anilines is 1. The zero-order valence-corrected chi connectivity index (χ0v) is 12.7. The Bertz CT molecular complexity index is 716. The Morgan fingerprint density at radius 3 is 2.71 bits per heavy atom. The van der Waals surface area contributed by atoms with E-state index < -0.39 is 0 Å². The van der Waals surface area contributed by atoms with Crippen LogP contribution in [0.5, 0.6) is 5.75 Å². The molecule has 0 bridgehead atoms. The Balaban J connectivity index is 2.14. The van der Waals surface area contributed by atoms with Crippen LogP contribution in [0.15, 0.2) is 46.9 Å². The Labute approximate surface area is 131 Å². The fourth-order valence-corrected chi connectivity index (χ4v) is 2.22. The molecule has 0 aromatic heterocycles. The van der Waals surface area contributed by atoms with Gasteiger partial charge in [0.05, 0.1) is 11.3 Å². The van der Waals surface area contributed by atoms with Crippen molar-refractivity contribution in [3.05, 3.63) is 58.1 Å². The van der Waals surface area contributed by atoms with Gasteiger partial charge >= 0.3 is 0 Å². The van der Waals surface area contributed by atoms with Gasteiger partial charge in [0.2, 0.25) is 0 Å². The molecule has 2 aromatic carbocycles. The van der Waals surface area contributed by atoms with Crippen molar-refractivity contribution in [2.24, 2.45) is 0 Å². The quantitative estimate of drug-likeness (QED) is 0.896. The molecule has 0 spiro atoms. The van der Waals surface area contributed by atoms with Gasteiger partial charge in [0, 0.05) is 16.6 Å². The van der Waals surface area contributed by atoms with Crippen LogP contribution in [0, 0.1) is 22.7 Å². The summed E-state index contributed by atoms with van der Waals surface area (Å²) in [4.78, 5) is 0. The summed E-state index contributed by atoms with van der Waals surface area (Å²) in [6.45, 7) is 0.524. The lowest BCUT2D eigenvalue weighted by atomic mass is 10.1. The van der Waals surface area contributed by atoms with Crippen molar-refractivity contribution in [2.75, 3.05) is 11.9 Å². The molecule has 2 rings (SSSR count). The van der Waals surface area contributed by atoms with Crippen molar-refractivity contribution in [3.8, 4) is 17.9 Å². The van der Waals surface area contributed by atoms with Crippen LogP contribution in [0.25, 0.3) is 0 Å². The lowest BCUT2D eigenvalue weighted by molar-refractivity contribution is 0.364. The number of ether oxygens (including phenoxy) is 1. The first-order chi connectivity index (χ1) is 10.2. The van der Waals surface area contributed by atoms with E-state index in [2.05, 4.69) is 27.3 Å². The third-order valence-electron chi connectivity index (χ3n) is 2.84. The second-order valence-electron chi connectivity index (χ2n) is 4.21. The van der Waals surface area contributed by atoms with Crippen LogP contribution < -0.4 is 10.1 Å². The molecule has 0 fully saturated rings. The van der Waals surface area contributed by atoms with Gasteiger partial charge in [-0.1, -0.05) is 34.1 Å². The summed E-state index contributed by atoms with van der Waals surface area (Å²) >= 11 is 3.34. The van der Waals surface area contributed by atoms with Crippen molar-refractivity contribution in [3.63, 3.8) is 0 Å². The normalized spacial score (nSPS) is 9.48. The summed E-state index contributed by atoms with van der Waals surface area (Å²) in [6.07, 6.45) is 0. The number of nitriles is 2. The van der Waals surface area contributed by atoms with Crippen LogP contribution in [0.4, 0.5) is 5.69 Å². The Morgan fingerprint density at radius 1 is 1.14 bits per heavy atom. The van der Waals surface area contributed by atoms with Gasteiger partial charge in [-0.2, -0.15) is 10.5 Å². The Hall–Kier alpha value is -2.50. The van der Waals surface area contributed by atoms with E-state index >= 15 is 0 Å². The van der Waals surface area contributed by atoms with E-state index in [0.29, 0.717) is 17.9 Å². The monoisotopic (exact) mass is 341 g/mol. The molecule has 0 unspecified atom stereocenters. The van der Waals surface area contributed by atoms with E-state index in [4.69, 9.17) is 15.3 Å². The van der Waals surface area contributed by atoms with Gasteiger partial charge < -0.3 is 10.1 Å². The molecular weight excluding hydrogens is 330 g/mol. The smallest absolute Gasteiger partial charge is 0.174 e. The fraction of sp³-hybridized carbons (Fsp3) is 0.125. The van der Waals surface area contributed by atoms with Crippen molar-refractivity contribution in [1.82, 2.24) is 0 Å². The number of benzene rings is 2. The second kappa shape index (κ2) is 7.33. The van der Waals surface area contributed by atoms with Crippen LogP contribution in [0.2, 0.25) is 0 Å². The highest BCUT2D eigenvalue weighted by atomic mass is 79.9. The van der Waals surface area contributed by atoms with Gasteiger partial charge in [0.25, 0.3) is 0 Å². The number of nitrogens with one attached hydrogen (secondary N) is 1. The summed E-state index contributed by atoms with van der Waals surface area (Å²) in [6, 6.07) is 17.1. The van der Waals surface area contributed by atoms with Gasteiger partial charge in [0.15, 0.2) is 6.61 Å². The molecule has 2 aromatic rings. The largest absolute Gasteiger partial charge is 0.478 e. The van der Waals surface area contributed by atoms with Crippen molar-refractivity contribution in [1.29, 1.82) is 10.5 Å². The van der Waals surface area contributed by atoms with Crippen LogP contribution in [-0.4, -0.2) is 6.61 Å². The molecule has 104 valence electrons. The van der Waals surface area contributed by atoms with Crippen LogP contribution in [0.3, 0.4) is 0 Å². The molecule has 0 amide bonds. The maximum Gasteiger partial charge on any atom is 0.174 e. The summed E-state index contributed by atoms with van der Waals surface area (Å²) in [5, 5.41) is 20.9. The minimum Gasteiger partial charge on any atom is -0.478 e. The number of nitrogens with zero attached hydrogens (tertiary/aromatic N) is 2. The standard InChI is InChI=1S/C16H12BrN3O/c17-14-5-6-15(13(9-14)10-19)20-11-12-3-1-2-4-16(12)21-8-7-18/h1-6,9,20H,8,11H2. The molecule has 0 aliphatic rings. The summed E-state index contributed by atoms with van der Waals surface area (Å²) in [7, 11) is 0. The maximum absolute atomic E-state index is 9.14. The predicted octanol–water partition coefficient (Wildman–Crippen LogP) is 3.84. The highest BCUT2D eigenvalue weighted by Gasteiger charge is 2.06. The Kier molecular flexibility index (Phi) is 5.20. The topological polar surface area (TPSA) is 68.8 Å². The van der Waals surface area contributed by atoms with Crippen LogP contribution >= 0.6 is 15.9 Å². The fourth-order valence-electron chi connectivity index (χ4n) is 1.85. The van der Waals surface area contributed by atoms with E-state index in [1.54, 1.807) is 6.07 Å². The summed E-state index contributed by atoms with van der Waals surface area (Å²) < 4.78 is 6.24. The van der Waals surface area contributed by atoms with Gasteiger partial charge in [-0.15, -0.1) is 0 Å². The molecule has 1 N–H and O–H groups in total. The number of hydrogen-bond donors (Lipinski definition) is 1. The zero-order valence-electron chi connectivity index (χ0n) is 11.1. The first-order valence-corrected chi connectivity index (χ1v) is 7.05. The SMILES string of the molecule is N#CCOc1ccccc1CNc1ccc(Br)cc1C#N. The van der Waals surface area contributed by atoms with E-state index in [0.717, 1.165) is 15.7 Å². The molecular formula is C16H12BrN3O. The summed E-state index contributed by atoms with van der Waals surface area (Å²) in [5.74, 6) is 0.669. The van der Waals surface area contributed by atoms with Gasteiger partial charge in [-0.05, 0) is 24.3 Å². The first kappa shape index (κ1) is 14.9. The second-order valence-corrected chi connectivity index (χ2v) is 5.13. The van der Waals surface area contributed by atoms with Crippen molar-refractivity contribution in [2.45, 2.75) is 6.54 Å². The average Bonchev–Trinajstić information content (AvgIpc) is 2.52. The molecule has 4 nitrogen and oxygen atoms in total. The molecule has 0 saturated carbocycles. The van der Waals surface area contributed by atoms with E-state index in [1.807, 2.05) is 42.5 Å². The molecule has 0 atom stereocenters. The number of halogens is 1. The van der Waals surface area contributed by atoms with Gasteiger partial charge in [-0.3, -0.25) is 0 Å². The maximum atomic E-state index is 9.14.